The Morgan fingerprint density at radius 3 is 1.66 bits per heavy atom. The highest BCUT2D eigenvalue weighted by Gasteiger charge is 2.45. The molecule has 1 aliphatic heterocycles. The number of likely N-dealkylation sites (tertiary alicyclic amines) is 1. The van der Waals surface area contributed by atoms with Crippen molar-refractivity contribution in [3.05, 3.63) is 29.8 Å². The molecule has 24 heteroatoms. The number of nitrogens with zero attached hydrogens (tertiary/aromatic N) is 6. The number of piperidine rings is 1. The zero-order valence-electron chi connectivity index (χ0n) is 54.3. The van der Waals surface area contributed by atoms with Gasteiger partial charge in [-0.05, 0) is 94.2 Å². The lowest BCUT2D eigenvalue weighted by molar-refractivity contribution is -0.162. The van der Waals surface area contributed by atoms with Gasteiger partial charge in [0.05, 0.1) is 26.1 Å². The van der Waals surface area contributed by atoms with E-state index in [-0.39, 0.29) is 12.3 Å². The molecule has 9 amide bonds. The van der Waals surface area contributed by atoms with E-state index in [0.29, 0.717) is 50.0 Å². The molecule has 0 aromatic heterocycles. The van der Waals surface area contributed by atoms with Gasteiger partial charge in [-0.15, -0.1) is 0 Å². The Labute approximate surface area is 504 Å². The lowest BCUT2D eigenvalue weighted by Gasteiger charge is -2.41. The highest BCUT2D eigenvalue weighted by atomic mass is 16.6. The van der Waals surface area contributed by atoms with Gasteiger partial charge in [-0.1, -0.05) is 94.2 Å². The molecule has 1 aliphatic rings. The summed E-state index contributed by atoms with van der Waals surface area (Å²) in [6.45, 7) is 23.5. The van der Waals surface area contributed by atoms with Gasteiger partial charge >= 0.3 is 11.9 Å². The number of likely N-dealkylation sites (N-methyl/N-ethyl adjacent to an activating group) is 5. The Kier molecular flexibility index (Phi) is 29.0. The van der Waals surface area contributed by atoms with Gasteiger partial charge in [0.25, 0.3) is 0 Å². The summed E-state index contributed by atoms with van der Waals surface area (Å²) < 4.78 is 10.9. The van der Waals surface area contributed by atoms with E-state index >= 15 is 9.59 Å². The first-order valence-corrected chi connectivity index (χ1v) is 29.7. The average Bonchev–Trinajstić information content (AvgIpc) is 2.32. The minimum absolute atomic E-state index is 0.0515. The molecule has 0 radical (unpaired) electrons. The predicted octanol–water partition coefficient (Wildman–Crippen LogP) is 3.06. The Morgan fingerprint density at radius 2 is 1.18 bits per heavy atom. The van der Waals surface area contributed by atoms with Crippen LogP contribution in [0, 0.1) is 29.6 Å². The molecular weight excluding hydrogens is 1100 g/mol. The van der Waals surface area contributed by atoms with Gasteiger partial charge in [-0.25, -0.2) is 4.79 Å². The van der Waals surface area contributed by atoms with Gasteiger partial charge in [-0.2, -0.15) is 0 Å². The third-order valence-corrected chi connectivity index (χ3v) is 16.0. The van der Waals surface area contributed by atoms with Crippen molar-refractivity contribution in [3.63, 3.8) is 0 Å². The minimum atomic E-state index is -1.60. The van der Waals surface area contributed by atoms with E-state index in [9.17, 15) is 48.3 Å². The van der Waals surface area contributed by atoms with Crippen LogP contribution in [-0.2, 0) is 63.9 Å². The third kappa shape index (κ3) is 20.4. The van der Waals surface area contributed by atoms with Crippen LogP contribution in [0.2, 0.25) is 0 Å². The highest BCUT2D eigenvalue weighted by molar-refractivity contribution is 5.99. The molecule has 0 aliphatic carbocycles. The molecule has 1 aromatic carbocycles. The normalized spacial score (nSPS) is 17.1. The average molecular weight is 1200 g/mol. The summed E-state index contributed by atoms with van der Waals surface area (Å²) in [5.41, 5.74) is 5.56. The van der Waals surface area contributed by atoms with Crippen molar-refractivity contribution in [1.82, 2.24) is 45.3 Å². The topological polar surface area (TPSA) is 308 Å². The lowest BCUT2D eigenvalue weighted by atomic mass is 9.92. The molecule has 0 saturated carbocycles. The van der Waals surface area contributed by atoms with Crippen LogP contribution in [0.1, 0.15) is 141 Å². The molecule has 85 heavy (non-hydrogen) atoms. The number of carboxylic acids is 1. The number of nitrogens with two attached hydrogens (primary N) is 1. The number of amides is 9. The largest absolute Gasteiger partial charge is 0.497 e. The number of ether oxygens (including phenoxy) is 2. The molecule has 1 heterocycles. The van der Waals surface area contributed by atoms with Gasteiger partial charge in [0.1, 0.15) is 59.7 Å². The molecule has 480 valence electrons. The second-order valence-corrected chi connectivity index (χ2v) is 24.9. The second kappa shape index (κ2) is 33.2. The molecule has 6 N–H and O–H groups in total. The fourth-order valence-electron chi connectivity index (χ4n) is 10.8. The first-order valence-electron chi connectivity index (χ1n) is 29.7. The van der Waals surface area contributed by atoms with Crippen LogP contribution in [-0.4, -0.2) is 215 Å². The molecule has 1 saturated heterocycles. The van der Waals surface area contributed by atoms with Crippen LogP contribution in [0.3, 0.4) is 0 Å². The summed E-state index contributed by atoms with van der Waals surface area (Å²) in [7, 11) is 8.44. The number of hydrogen-bond acceptors (Lipinski definition) is 14. The zero-order valence-corrected chi connectivity index (χ0v) is 54.3. The summed E-state index contributed by atoms with van der Waals surface area (Å²) in [6.07, 6.45) is 1.77. The highest BCUT2D eigenvalue weighted by Crippen LogP contribution is 2.26. The number of carboxylic acid groups (broad SMARTS) is 1. The first-order chi connectivity index (χ1) is 39.4. The summed E-state index contributed by atoms with van der Waals surface area (Å²) in [5.74, 6) is -10.1. The maximum atomic E-state index is 15.2. The maximum Gasteiger partial charge on any atom is 0.326 e. The molecule has 24 nitrogen and oxygen atoms in total. The molecule has 1 fully saturated rings. The minimum Gasteiger partial charge on any atom is -0.497 e. The summed E-state index contributed by atoms with van der Waals surface area (Å²) >= 11 is 0. The molecule has 0 unspecified atom stereocenters. The Hall–Kier alpha value is -6.85. The Morgan fingerprint density at radius 1 is 0.659 bits per heavy atom. The molecule has 11 atom stereocenters. The van der Waals surface area contributed by atoms with Crippen molar-refractivity contribution in [2.45, 2.75) is 202 Å². The maximum absolute atomic E-state index is 15.2. The summed E-state index contributed by atoms with van der Waals surface area (Å²) in [4.78, 5) is 162. The van der Waals surface area contributed by atoms with Crippen molar-refractivity contribution >= 4 is 65.1 Å². The number of methoxy groups -OCH3 is 1. The Bertz CT molecular complexity index is 2480. The molecule has 1 aromatic rings. The summed E-state index contributed by atoms with van der Waals surface area (Å²) in [6, 6.07) is -3.99. The van der Waals surface area contributed by atoms with Crippen molar-refractivity contribution in [3.8, 4) is 5.75 Å². The molecule has 0 spiro atoms. The number of benzene rings is 1. The third-order valence-electron chi connectivity index (χ3n) is 16.0. The van der Waals surface area contributed by atoms with Gasteiger partial charge < -0.3 is 65.7 Å². The van der Waals surface area contributed by atoms with E-state index in [4.69, 9.17) is 15.2 Å². The van der Waals surface area contributed by atoms with Gasteiger partial charge in [0.15, 0.2) is 0 Å². The molecule has 0 bridgehead atoms. The van der Waals surface area contributed by atoms with Crippen LogP contribution in [0.15, 0.2) is 24.3 Å². The van der Waals surface area contributed by atoms with Crippen LogP contribution >= 0.6 is 0 Å². The van der Waals surface area contributed by atoms with Gasteiger partial charge in [0, 0.05) is 48.2 Å². The van der Waals surface area contributed by atoms with Crippen LogP contribution in [0.5, 0.6) is 5.75 Å². The SMILES string of the molecule is CC[C@H](C)[C@@H](C(=O)NCC(=O)N(C)[C@H](C(=O)N[C@@H](Cc1ccc(OC)cc1)C(=O)O)C(C)C)N(C)C(=O)[C@H]([C@@H](C)CC)N(C)C(=O)[C@H](CC(=O)OC(C)(C)C)N(C)C(=O)[C@@H](NC(=O)[C@H](C(C)C)N(C)C(=O)[C@@H]1CCCCN1C(=O)[C@H](C)N)C(C)C. The quantitative estimate of drug-likeness (QED) is 0.0692. The number of aliphatic carboxylic acids is 1. The van der Waals surface area contributed by atoms with Crippen LogP contribution in [0.4, 0.5) is 0 Å². The van der Waals surface area contributed by atoms with Crippen molar-refractivity contribution < 1.29 is 67.3 Å². The lowest BCUT2D eigenvalue weighted by Crippen LogP contribution is -2.63. The van der Waals surface area contributed by atoms with E-state index in [1.165, 1.54) is 57.0 Å². The fraction of sp³-hybridized carbons (Fsp3) is 0.721. The van der Waals surface area contributed by atoms with Crippen molar-refractivity contribution in [2.24, 2.45) is 35.3 Å². The fourth-order valence-corrected chi connectivity index (χ4v) is 10.8. The van der Waals surface area contributed by atoms with Crippen molar-refractivity contribution in [1.29, 1.82) is 0 Å². The number of rotatable bonds is 30. The number of esters is 1. The van der Waals surface area contributed by atoms with E-state index in [1.807, 2.05) is 13.8 Å². The zero-order chi connectivity index (χ0) is 65.3. The number of carbonyl (C=O) groups excluding carboxylic acids is 10. The van der Waals surface area contributed by atoms with Crippen LogP contribution < -0.4 is 26.4 Å². The van der Waals surface area contributed by atoms with Gasteiger partial charge in [-0.3, -0.25) is 47.9 Å². The Balaban J connectivity index is 2.52. The number of carbonyl (C=O) groups is 11. The first kappa shape index (κ1) is 74.3. The second-order valence-electron chi connectivity index (χ2n) is 24.9. The number of nitrogens with one attached hydrogen (secondary N) is 3. The van der Waals surface area contributed by atoms with Gasteiger partial charge in [0.2, 0.25) is 53.2 Å². The predicted molar refractivity (Wildman–Crippen MR) is 321 cm³/mol. The number of hydrogen-bond donors (Lipinski definition) is 5. The van der Waals surface area contributed by atoms with E-state index in [2.05, 4.69) is 16.0 Å². The summed E-state index contributed by atoms with van der Waals surface area (Å²) in [5, 5.41) is 18.1. The monoisotopic (exact) mass is 1200 g/mol. The standard InChI is InChI=1S/C61H102N10O14/c1-21-37(9)50(52(74)63-33-45(72)67(16)48(35(5)6)53(75)64-42(60(82)83)31-40-26-28-41(84-20)29-27-40)69(18)59(81)51(38(10)22-2)70(19)57(79)44(32-46(73)85-61(12,13)14)66(15)58(80)47(34(3)4)65-54(76)49(36(7)8)68(17)56(78)43-25-23-24-30-71(43)55(77)39(11)62/h26-29,34-39,42-44,47-51H,21-25,30-33,62H2,1-20H3,(H,63,74)(H,64,75)(H,65,76)(H,82,83)/t37-,38-,39-,42-,43-,44-,47-,48-,49-,50-,51-/m0/s1. The smallest absolute Gasteiger partial charge is 0.326 e. The van der Waals surface area contributed by atoms with E-state index < -0.39 is 162 Å². The van der Waals surface area contributed by atoms with Crippen molar-refractivity contribution in [2.75, 3.05) is 55.4 Å². The van der Waals surface area contributed by atoms with E-state index in [0.717, 1.165) is 14.7 Å². The molecule has 2 rings (SSSR count). The molecular formula is C61H102N10O14. The van der Waals surface area contributed by atoms with Crippen LogP contribution in [0.25, 0.3) is 0 Å². The van der Waals surface area contributed by atoms with E-state index in [1.54, 1.807) is 107 Å².